The Kier molecular flexibility index (Phi) is 3.76. The van der Waals surface area contributed by atoms with Crippen molar-refractivity contribution in [3.8, 4) is 0 Å². The largest absolute Gasteiger partial charge is 0.314 e. The van der Waals surface area contributed by atoms with Crippen molar-refractivity contribution < 1.29 is 4.79 Å². The lowest BCUT2D eigenvalue weighted by Crippen LogP contribution is -2.25. The van der Waals surface area contributed by atoms with Gasteiger partial charge in [-0.3, -0.25) is 9.48 Å². The number of rotatable bonds is 4. The summed E-state index contributed by atoms with van der Waals surface area (Å²) in [4.78, 5) is 12.1. The Hall–Kier alpha value is -0.680. The van der Waals surface area contributed by atoms with Gasteiger partial charge in [-0.15, -0.1) is 0 Å². The van der Waals surface area contributed by atoms with Crippen LogP contribution in [-0.2, 0) is 6.54 Å². The zero-order valence-corrected chi connectivity index (χ0v) is 11.0. The lowest BCUT2D eigenvalue weighted by Gasteiger charge is -2.10. The lowest BCUT2D eigenvalue weighted by molar-refractivity contribution is 0.0960. The molecule has 0 amide bonds. The van der Waals surface area contributed by atoms with Crippen molar-refractivity contribution in [1.82, 2.24) is 15.1 Å². The number of nitrogens with zero attached hydrogens (tertiary/aromatic N) is 2. The molecule has 1 fully saturated rings. The molecule has 0 saturated carbocycles. The van der Waals surface area contributed by atoms with E-state index in [0.717, 1.165) is 24.0 Å². The Morgan fingerprint density at radius 3 is 3.19 bits per heavy atom. The summed E-state index contributed by atoms with van der Waals surface area (Å²) < 4.78 is 2.55. The van der Waals surface area contributed by atoms with Crippen molar-refractivity contribution in [3.63, 3.8) is 0 Å². The van der Waals surface area contributed by atoms with Gasteiger partial charge in [0.25, 0.3) is 0 Å². The average molecular weight is 286 g/mol. The van der Waals surface area contributed by atoms with E-state index in [4.69, 9.17) is 0 Å². The highest BCUT2D eigenvalue weighted by Gasteiger charge is 2.22. The molecular weight excluding hydrogens is 270 g/mol. The summed E-state index contributed by atoms with van der Waals surface area (Å²) in [6.07, 6.45) is 4.54. The minimum absolute atomic E-state index is 0.172. The van der Waals surface area contributed by atoms with Gasteiger partial charge in [-0.05, 0) is 42.2 Å². The van der Waals surface area contributed by atoms with Crippen LogP contribution in [0.1, 0.15) is 36.7 Å². The summed E-state index contributed by atoms with van der Waals surface area (Å²) in [6, 6.07) is 0.347. The monoisotopic (exact) mass is 285 g/mol. The number of carbonyl (C=O) groups excluding carboxylic acids is 1. The quantitative estimate of drug-likeness (QED) is 0.861. The number of Topliss-reactive ketones (excluding diaryl/α,β-unsaturated/α-hetero) is 1. The molecule has 4 nitrogen and oxygen atoms in total. The lowest BCUT2D eigenvalue weighted by atomic mass is 10.1. The van der Waals surface area contributed by atoms with Gasteiger partial charge in [-0.25, -0.2) is 0 Å². The van der Waals surface area contributed by atoms with Crippen LogP contribution >= 0.6 is 15.9 Å². The molecule has 1 unspecified atom stereocenters. The predicted octanol–water partition coefficient (Wildman–Crippen LogP) is 1.99. The molecule has 0 aromatic carbocycles. The molecule has 1 aliphatic rings. The van der Waals surface area contributed by atoms with Gasteiger partial charge >= 0.3 is 0 Å². The number of halogens is 1. The van der Waals surface area contributed by atoms with Gasteiger partial charge in [0.15, 0.2) is 5.78 Å². The number of aromatic nitrogens is 2. The normalized spacial score (nSPS) is 20.2. The first-order valence-corrected chi connectivity index (χ1v) is 6.49. The smallest absolute Gasteiger partial charge is 0.183 e. The molecule has 0 aliphatic carbocycles. The van der Waals surface area contributed by atoms with Crippen molar-refractivity contribution in [2.24, 2.45) is 0 Å². The van der Waals surface area contributed by atoms with Crippen LogP contribution in [0.4, 0.5) is 0 Å². The van der Waals surface area contributed by atoms with Crippen molar-refractivity contribution in [1.29, 1.82) is 0 Å². The number of hydrogen-bond donors (Lipinski definition) is 1. The van der Waals surface area contributed by atoms with Crippen LogP contribution in [-0.4, -0.2) is 28.2 Å². The first-order valence-electron chi connectivity index (χ1n) is 5.70. The van der Waals surface area contributed by atoms with E-state index in [1.54, 1.807) is 10.9 Å². The fraction of sp³-hybridized carbons (Fsp3) is 0.636. The maximum Gasteiger partial charge on any atom is 0.183 e. The zero-order chi connectivity index (χ0) is 11.5. The Morgan fingerprint density at radius 2 is 2.56 bits per heavy atom. The number of nitrogens with one attached hydrogen (secondary N) is 1. The topological polar surface area (TPSA) is 46.9 Å². The molecule has 0 spiro atoms. The fourth-order valence-electron chi connectivity index (χ4n) is 2.13. The van der Waals surface area contributed by atoms with Crippen LogP contribution in [0.3, 0.4) is 0 Å². The third-order valence-corrected chi connectivity index (χ3v) is 3.53. The molecule has 5 heteroatoms. The zero-order valence-electron chi connectivity index (χ0n) is 9.37. The average Bonchev–Trinajstić information content (AvgIpc) is 2.87. The maximum absolute atomic E-state index is 12.1. The summed E-state index contributed by atoms with van der Waals surface area (Å²) in [6.45, 7) is 3.75. The fourth-order valence-corrected chi connectivity index (χ4v) is 2.65. The number of hydrogen-bond acceptors (Lipinski definition) is 3. The second-order valence-electron chi connectivity index (χ2n) is 4.08. The SMILES string of the molecule is CCn1ncc(Br)c1C(=O)CC1CCCN1. The molecule has 1 aromatic heterocycles. The highest BCUT2D eigenvalue weighted by Crippen LogP contribution is 2.20. The molecule has 2 rings (SSSR count). The highest BCUT2D eigenvalue weighted by atomic mass is 79.9. The third kappa shape index (κ3) is 2.35. The minimum atomic E-state index is 0.172. The standard InChI is InChI=1S/C11H16BrN3O/c1-2-15-11(9(12)7-14-15)10(16)6-8-4-3-5-13-8/h7-8,13H,2-6H2,1H3. The summed E-state index contributed by atoms with van der Waals surface area (Å²) in [7, 11) is 0. The minimum Gasteiger partial charge on any atom is -0.314 e. The Balaban J connectivity index is 2.10. The Labute approximate surface area is 104 Å². The van der Waals surface area contributed by atoms with Crippen molar-refractivity contribution in [3.05, 3.63) is 16.4 Å². The molecule has 1 saturated heterocycles. The predicted molar refractivity (Wildman–Crippen MR) is 65.6 cm³/mol. The number of aryl methyl sites for hydroxylation is 1. The van der Waals surface area contributed by atoms with Crippen LogP contribution in [0.15, 0.2) is 10.7 Å². The summed E-state index contributed by atoms with van der Waals surface area (Å²) in [5.41, 5.74) is 0.705. The van der Waals surface area contributed by atoms with Crippen molar-refractivity contribution in [2.45, 2.75) is 38.8 Å². The number of carbonyl (C=O) groups is 1. The van der Waals surface area contributed by atoms with Gasteiger partial charge in [0.1, 0.15) is 5.69 Å². The summed E-state index contributed by atoms with van der Waals surface area (Å²) >= 11 is 3.38. The summed E-state index contributed by atoms with van der Waals surface area (Å²) in [5, 5.41) is 7.50. The second kappa shape index (κ2) is 5.10. The van der Waals surface area contributed by atoms with Crippen LogP contribution < -0.4 is 5.32 Å². The second-order valence-corrected chi connectivity index (χ2v) is 4.93. The third-order valence-electron chi connectivity index (χ3n) is 2.95. The molecule has 0 bridgehead atoms. The van der Waals surface area contributed by atoms with Gasteiger partial charge in [-0.2, -0.15) is 5.10 Å². The first-order chi connectivity index (χ1) is 7.72. The van der Waals surface area contributed by atoms with Crippen LogP contribution in [0.5, 0.6) is 0 Å². The molecule has 16 heavy (non-hydrogen) atoms. The Morgan fingerprint density at radius 1 is 1.75 bits per heavy atom. The molecule has 1 aliphatic heterocycles. The van der Waals surface area contributed by atoms with Crippen LogP contribution in [0.25, 0.3) is 0 Å². The van der Waals surface area contributed by atoms with Gasteiger partial charge < -0.3 is 5.32 Å². The first kappa shape index (κ1) is 11.8. The molecule has 88 valence electrons. The van der Waals surface area contributed by atoms with E-state index in [9.17, 15) is 4.79 Å². The molecular formula is C11H16BrN3O. The van der Waals surface area contributed by atoms with E-state index in [1.165, 1.54) is 6.42 Å². The number of ketones is 1. The van der Waals surface area contributed by atoms with Crippen molar-refractivity contribution >= 4 is 21.7 Å². The van der Waals surface area contributed by atoms with Crippen LogP contribution in [0.2, 0.25) is 0 Å². The Bertz CT molecular complexity index is 383. The van der Waals surface area contributed by atoms with E-state index in [-0.39, 0.29) is 5.78 Å². The van der Waals surface area contributed by atoms with Crippen molar-refractivity contribution in [2.75, 3.05) is 6.54 Å². The van der Waals surface area contributed by atoms with E-state index in [2.05, 4.69) is 26.3 Å². The maximum atomic E-state index is 12.1. The van der Waals surface area contributed by atoms with E-state index in [1.807, 2.05) is 6.92 Å². The van der Waals surface area contributed by atoms with E-state index >= 15 is 0 Å². The summed E-state index contributed by atoms with van der Waals surface area (Å²) in [5.74, 6) is 0.172. The van der Waals surface area contributed by atoms with Crippen LogP contribution in [0, 0.1) is 0 Å². The molecule has 0 radical (unpaired) electrons. The van der Waals surface area contributed by atoms with Gasteiger partial charge in [0.2, 0.25) is 0 Å². The van der Waals surface area contributed by atoms with E-state index in [0.29, 0.717) is 18.2 Å². The molecule has 1 aromatic rings. The molecule has 1 atom stereocenters. The van der Waals surface area contributed by atoms with E-state index < -0.39 is 0 Å². The molecule has 2 heterocycles. The molecule has 1 N–H and O–H groups in total. The van der Waals surface area contributed by atoms with Gasteiger partial charge in [-0.1, -0.05) is 0 Å². The highest BCUT2D eigenvalue weighted by molar-refractivity contribution is 9.10. The van der Waals surface area contributed by atoms with Gasteiger partial charge in [0.05, 0.1) is 10.7 Å². The van der Waals surface area contributed by atoms with Gasteiger partial charge in [0, 0.05) is 19.0 Å².